The van der Waals surface area contributed by atoms with Gasteiger partial charge in [-0.25, -0.2) is 0 Å². The largest absolute Gasteiger partial charge is 0.492 e. The summed E-state index contributed by atoms with van der Waals surface area (Å²) in [6.07, 6.45) is 0.0171. The van der Waals surface area contributed by atoms with E-state index in [0.29, 0.717) is 0 Å². The first kappa shape index (κ1) is 10.5. The first-order valence-electron chi connectivity index (χ1n) is 5.10. The molecule has 16 heavy (non-hydrogen) atoms. The molecule has 0 bridgehead atoms. The first-order valence-corrected chi connectivity index (χ1v) is 5.10. The molecule has 0 spiro atoms. The standard InChI is InChI=1S/C13H12O3/c14-13(15)8-9-16-12-7-3-5-10-4-1-2-6-11(10)12/h1-7H,8-9H2,(H,14,15). The maximum Gasteiger partial charge on any atom is 0.306 e. The van der Waals surface area contributed by atoms with Crippen molar-refractivity contribution in [1.29, 1.82) is 0 Å². The van der Waals surface area contributed by atoms with Crippen molar-refractivity contribution in [2.75, 3.05) is 6.61 Å². The molecule has 0 radical (unpaired) electrons. The summed E-state index contributed by atoms with van der Waals surface area (Å²) >= 11 is 0. The number of carboxylic acids is 1. The molecule has 3 nitrogen and oxygen atoms in total. The van der Waals surface area contributed by atoms with E-state index in [9.17, 15) is 4.79 Å². The molecule has 0 aliphatic carbocycles. The van der Waals surface area contributed by atoms with Gasteiger partial charge in [-0.3, -0.25) is 4.79 Å². The quantitative estimate of drug-likeness (QED) is 0.854. The molecule has 0 unspecified atom stereocenters. The minimum Gasteiger partial charge on any atom is -0.492 e. The van der Waals surface area contributed by atoms with Crippen LogP contribution in [0, 0.1) is 0 Å². The Balaban J connectivity index is 2.20. The van der Waals surface area contributed by atoms with Crippen molar-refractivity contribution in [3.63, 3.8) is 0 Å². The molecular weight excluding hydrogens is 204 g/mol. The third kappa shape index (κ3) is 2.31. The van der Waals surface area contributed by atoms with Gasteiger partial charge in [-0.1, -0.05) is 36.4 Å². The molecule has 0 heterocycles. The van der Waals surface area contributed by atoms with Crippen LogP contribution in [0.15, 0.2) is 42.5 Å². The van der Waals surface area contributed by atoms with Gasteiger partial charge >= 0.3 is 5.97 Å². The molecular formula is C13H12O3. The lowest BCUT2D eigenvalue weighted by molar-refractivity contribution is -0.137. The molecule has 3 heteroatoms. The van der Waals surface area contributed by atoms with Gasteiger partial charge in [-0.15, -0.1) is 0 Å². The number of ether oxygens (including phenoxy) is 1. The molecule has 0 aromatic heterocycles. The van der Waals surface area contributed by atoms with Crippen molar-refractivity contribution in [3.8, 4) is 5.75 Å². The van der Waals surface area contributed by atoms with E-state index >= 15 is 0 Å². The van der Waals surface area contributed by atoms with E-state index in [0.717, 1.165) is 16.5 Å². The molecule has 82 valence electrons. The Morgan fingerprint density at radius 1 is 1.12 bits per heavy atom. The van der Waals surface area contributed by atoms with Crippen LogP contribution in [-0.2, 0) is 4.79 Å². The molecule has 0 aliphatic rings. The van der Waals surface area contributed by atoms with Crippen molar-refractivity contribution in [2.45, 2.75) is 6.42 Å². The zero-order valence-electron chi connectivity index (χ0n) is 8.72. The highest BCUT2D eigenvalue weighted by Gasteiger charge is 2.02. The van der Waals surface area contributed by atoms with Crippen molar-refractivity contribution >= 4 is 16.7 Å². The van der Waals surface area contributed by atoms with Gasteiger partial charge in [0, 0.05) is 5.39 Å². The Morgan fingerprint density at radius 2 is 1.88 bits per heavy atom. The second kappa shape index (κ2) is 4.66. The van der Waals surface area contributed by atoms with E-state index < -0.39 is 5.97 Å². The van der Waals surface area contributed by atoms with Gasteiger partial charge in [-0.2, -0.15) is 0 Å². The molecule has 1 N–H and O–H groups in total. The van der Waals surface area contributed by atoms with Crippen LogP contribution >= 0.6 is 0 Å². The van der Waals surface area contributed by atoms with Crippen molar-refractivity contribution < 1.29 is 14.6 Å². The number of rotatable bonds is 4. The highest BCUT2D eigenvalue weighted by Crippen LogP contribution is 2.25. The van der Waals surface area contributed by atoms with E-state index in [4.69, 9.17) is 9.84 Å². The molecule has 0 fully saturated rings. The van der Waals surface area contributed by atoms with Crippen molar-refractivity contribution in [2.24, 2.45) is 0 Å². The fourth-order valence-corrected chi connectivity index (χ4v) is 1.57. The van der Waals surface area contributed by atoms with Gasteiger partial charge in [0.05, 0.1) is 13.0 Å². The van der Waals surface area contributed by atoms with Crippen LogP contribution < -0.4 is 4.74 Å². The lowest BCUT2D eigenvalue weighted by Crippen LogP contribution is -2.04. The van der Waals surface area contributed by atoms with E-state index in [1.165, 1.54) is 0 Å². The first-order chi connectivity index (χ1) is 7.77. The Kier molecular flexibility index (Phi) is 3.05. The second-order valence-corrected chi connectivity index (χ2v) is 3.47. The van der Waals surface area contributed by atoms with E-state index in [1.54, 1.807) is 0 Å². The van der Waals surface area contributed by atoms with Gasteiger partial charge in [0.25, 0.3) is 0 Å². The number of hydrogen-bond acceptors (Lipinski definition) is 2. The average Bonchev–Trinajstić information content (AvgIpc) is 2.29. The van der Waals surface area contributed by atoms with Crippen molar-refractivity contribution in [3.05, 3.63) is 42.5 Å². The Hall–Kier alpha value is -2.03. The summed E-state index contributed by atoms with van der Waals surface area (Å²) in [6, 6.07) is 13.6. The minimum atomic E-state index is -0.847. The molecule has 0 saturated heterocycles. The topological polar surface area (TPSA) is 46.5 Å². The smallest absolute Gasteiger partial charge is 0.306 e. The van der Waals surface area contributed by atoms with E-state index in [-0.39, 0.29) is 13.0 Å². The third-order valence-electron chi connectivity index (χ3n) is 2.32. The van der Waals surface area contributed by atoms with Crippen LogP contribution in [0.2, 0.25) is 0 Å². The Labute approximate surface area is 93.3 Å². The van der Waals surface area contributed by atoms with Crippen LogP contribution in [0.4, 0.5) is 0 Å². The average molecular weight is 216 g/mol. The highest BCUT2D eigenvalue weighted by molar-refractivity contribution is 5.88. The lowest BCUT2D eigenvalue weighted by Gasteiger charge is -2.07. The zero-order chi connectivity index (χ0) is 11.4. The van der Waals surface area contributed by atoms with Crippen LogP contribution in [0.3, 0.4) is 0 Å². The predicted molar refractivity (Wildman–Crippen MR) is 61.7 cm³/mol. The van der Waals surface area contributed by atoms with E-state index in [1.807, 2.05) is 42.5 Å². The predicted octanol–water partition coefficient (Wildman–Crippen LogP) is 2.69. The summed E-state index contributed by atoms with van der Waals surface area (Å²) in [5, 5.41) is 10.6. The number of aliphatic carboxylic acids is 1. The van der Waals surface area contributed by atoms with Crippen LogP contribution in [0.1, 0.15) is 6.42 Å². The molecule has 2 aromatic rings. The number of carboxylic acid groups (broad SMARTS) is 1. The van der Waals surface area contributed by atoms with Crippen LogP contribution in [0.5, 0.6) is 5.75 Å². The zero-order valence-corrected chi connectivity index (χ0v) is 8.72. The normalized spacial score (nSPS) is 10.2. The number of carbonyl (C=O) groups is 1. The molecule has 0 saturated carbocycles. The Bertz CT molecular complexity index is 500. The third-order valence-corrected chi connectivity index (χ3v) is 2.32. The van der Waals surface area contributed by atoms with Gasteiger partial charge in [-0.05, 0) is 11.5 Å². The van der Waals surface area contributed by atoms with Gasteiger partial charge in [0.2, 0.25) is 0 Å². The number of fused-ring (bicyclic) bond motifs is 1. The molecule has 0 aliphatic heterocycles. The Morgan fingerprint density at radius 3 is 2.69 bits per heavy atom. The molecule has 0 atom stereocenters. The summed E-state index contributed by atoms with van der Waals surface area (Å²) in [5.41, 5.74) is 0. The minimum absolute atomic E-state index is 0.0171. The molecule has 2 aromatic carbocycles. The second-order valence-electron chi connectivity index (χ2n) is 3.47. The van der Waals surface area contributed by atoms with Gasteiger partial charge in [0.1, 0.15) is 5.75 Å². The van der Waals surface area contributed by atoms with Gasteiger partial charge in [0.15, 0.2) is 0 Å². The molecule has 0 amide bonds. The maximum atomic E-state index is 10.4. The summed E-state index contributed by atoms with van der Waals surface area (Å²) in [5.74, 6) is -0.111. The summed E-state index contributed by atoms with van der Waals surface area (Å²) in [4.78, 5) is 10.4. The van der Waals surface area contributed by atoms with Gasteiger partial charge < -0.3 is 9.84 Å². The highest BCUT2D eigenvalue weighted by atomic mass is 16.5. The van der Waals surface area contributed by atoms with Crippen molar-refractivity contribution in [1.82, 2.24) is 0 Å². The summed E-state index contributed by atoms with van der Waals surface area (Å²) < 4.78 is 5.45. The fourth-order valence-electron chi connectivity index (χ4n) is 1.57. The molecule has 2 rings (SSSR count). The SMILES string of the molecule is O=C(O)CCOc1cccc2ccccc12. The summed E-state index contributed by atoms with van der Waals surface area (Å²) in [7, 11) is 0. The number of hydrogen-bond donors (Lipinski definition) is 1. The summed E-state index contributed by atoms with van der Waals surface area (Å²) in [6.45, 7) is 0.198. The fraction of sp³-hybridized carbons (Fsp3) is 0.154. The van der Waals surface area contributed by atoms with Crippen LogP contribution in [-0.4, -0.2) is 17.7 Å². The number of benzene rings is 2. The lowest BCUT2D eigenvalue weighted by atomic mass is 10.1. The monoisotopic (exact) mass is 216 g/mol. The van der Waals surface area contributed by atoms with Crippen LogP contribution in [0.25, 0.3) is 10.8 Å². The van der Waals surface area contributed by atoms with E-state index in [2.05, 4.69) is 0 Å². The maximum absolute atomic E-state index is 10.4.